The summed E-state index contributed by atoms with van der Waals surface area (Å²) in [6.07, 6.45) is 0. The van der Waals surface area contributed by atoms with Gasteiger partial charge in [-0.1, -0.05) is 99.1 Å². The molecule has 0 radical (unpaired) electrons. The Labute approximate surface area is 241 Å². The van der Waals surface area contributed by atoms with Crippen molar-refractivity contribution in [1.29, 1.82) is 0 Å². The van der Waals surface area contributed by atoms with Crippen LogP contribution in [0.2, 0.25) is 5.02 Å². The highest BCUT2D eigenvalue weighted by atomic mass is 35.5. The van der Waals surface area contributed by atoms with E-state index in [0.29, 0.717) is 29.4 Å². The second kappa shape index (κ2) is 13.4. The van der Waals surface area contributed by atoms with Crippen LogP contribution in [0.25, 0.3) is 0 Å². The molecule has 206 valence electrons. The monoisotopic (exact) mass is 554 g/mol. The number of carbonyl (C=O) groups excluding carboxylic acids is 2. The Balaban J connectivity index is 1.47. The SMILES string of the molecule is CC(C)(C)c1ccc(CN(C(=O)CNCc2ccc(Cl)cc2)c2ccc(C(=O)OCc3ccccc3)cc2)cc1. The Kier molecular flexibility index (Phi) is 9.75. The quantitative estimate of drug-likeness (QED) is 0.209. The third-order valence-corrected chi connectivity index (χ3v) is 6.86. The van der Waals surface area contributed by atoms with Gasteiger partial charge in [0.2, 0.25) is 5.91 Å². The van der Waals surface area contributed by atoms with Crippen molar-refractivity contribution in [2.24, 2.45) is 0 Å². The molecule has 1 amide bonds. The molecule has 0 heterocycles. The Morgan fingerprint density at radius 2 is 1.40 bits per heavy atom. The highest BCUT2D eigenvalue weighted by molar-refractivity contribution is 6.30. The molecular formula is C34H35ClN2O3. The maximum absolute atomic E-state index is 13.4. The van der Waals surface area contributed by atoms with E-state index in [1.54, 1.807) is 29.2 Å². The molecule has 0 aliphatic rings. The van der Waals surface area contributed by atoms with Gasteiger partial charge in [-0.25, -0.2) is 4.79 Å². The minimum Gasteiger partial charge on any atom is -0.457 e. The highest BCUT2D eigenvalue weighted by Crippen LogP contribution is 2.24. The normalized spacial score (nSPS) is 11.2. The summed E-state index contributed by atoms with van der Waals surface area (Å²) in [5.74, 6) is -0.482. The van der Waals surface area contributed by atoms with Crippen LogP contribution < -0.4 is 10.2 Å². The second-order valence-corrected chi connectivity index (χ2v) is 11.2. The number of esters is 1. The zero-order valence-corrected chi connectivity index (χ0v) is 23.9. The lowest BCUT2D eigenvalue weighted by molar-refractivity contribution is -0.118. The van der Waals surface area contributed by atoms with Crippen LogP contribution in [0.15, 0.2) is 103 Å². The molecule has 6 heteroatoms. The first-order valence-corrected chi connectivity index (χ1v) is 13.7. The van der Waals surface area contributed by atoms with Crippen molar-refractivity contribution in [3.63, 3.8) is 0 Å². The summed E-state index contributed by atoms with van der Waals surface area (Å²) in [6.45, 7) is 7.84. The number of hydrogen-bond donors (Lipinski definition) is 1. The molecule has 0 unspecified atom stereocenters. The van der Waals surface area contributed by atoms with E-state index in [1.807, 2.05) is 54.6 Å². The maximum atomic E-state index is 13.4. The Hall–Kier alpha value is -3.93. The molecule has 40 heavy (non-hydrogen) atoms. The third kappa shape index (κ3) is 8.28. The minimum atomic E-state index is -0.407. The zero-order chi connectivity index (χ0) is 28.5. The number of benzene rings is 4. The maximum Gasteiger partial charge on any atom is 0.338 e. The van der Waals surface area contributed by atoms with Crippen molar-refractivity contribution in [2.45, 2.75) is 45.9 Å². The van der Waals surface area contributed by atoms with Crippen LogP contribution in [-0.4, -0.2) is 18.4 Å². The van der Waals surface area contributed by atoms with Crippen molar-refractivity contribution in [3.8, 4) is 0 Å². The summed E-state index contributed by atoms with van der Waals surface area (Å²) in [7, 11) is 0. The van der Waals surface area contributed by atoms with E-state index in [1.165, 1.54) is 5.56 Å². The summed E-state index contributed by atoms with van der Waals surface area (Å²) < 4.78 is 5.46. The predicted octanol–water partition coefficient (Wildman–Crippen LogP) is 7.32. The number of nitrogens with zero attached hydrogens (tertiary/aromatic N) is 1. The average molecular weight is 555 g/mol. The Morgan fingerprint density at radius 3 is 2.02 bits per heavy atom. The van der Waals surface area contributed by atoms with Gasteiger partial charge in [0.15, 0.2) is 0 Å². The molecule has 4 aromatic carbocycles. The lowest BCUT2D eigenvalue weighted by Gasteiger charge is -2.25. The van der Waals surface area contributed by atoms with Gasteiger partial charge in [0, 0.05) is 17.3 Å². The molecule has 0 saturated heterocycles. The van der Waals surface area contributed by atoms with Gasteiger partial charge in [-0.2, -0.15) is 0 Å². The summed E-state index contributed by atoms with van der Waals surface area (Å²) in [5.41, 5.74) is 5.40. The number of anilines is 1. The largest absolute Gasteiger partial charge is 0.457 e. The predicted molar refractivity (Wildman–Crippen MR) is 161 cm³/mol. The number of amides is 1. The molecule has 4 rings (SSSR count). The third-order valence-electron chi connectivity index (χ3n) is 6.61. The van der Waals surface area contributed by atoms with E-state index in [9.17, 15) is 9.59 Å². The highest BCUT2D eigenvalue weighted by Gasteiger charge is 2.19. The van der Waals surface area contributed by atoms with Crippen LogP contribution in [0.5, 0.6) is 0 Å². The van der Waals surface area contributed by atoms with Crippen molar-refractivity contribution in [1.82, 2.24) is 5.32 Å². The van der Waals surface area contributed by atoms with Crippen LogP contribution in [0.3, 0.4) is 0 Å². The van der Waals surface area contributed by atoms with Crippen LogP contribution in [0.4, 0.5) is 5.69 Å². The van der Waals surface area contributed by atoms with E-state index in [-0.39, 0.29) is 24.5 Å². The van der Waals surface area contributed by atoms with E-state index in [2.05, 4.69) is 50.4 Å². The zero-order valence-electron chi connectivity index (χ0n) is 23.2. The van der Waals surface area contributed by atoms with Crippen LogP contribution in [-0.2, 0) is 34.6 Å². The van der Waals surface area contributed by atoms with Gasteiger partial charge in [0.1, 0.15) is 6.61 Å². The summed E-state index contributed by atoms with van der Waals surface area (Å²) >= 11 is 5.98. The van der Waals surface area contributed by atoms with Crippen LogP contribution >= 0.6 is 11.6 Å². The van der Waals surface area contributed by atoms with Crippen molar-refractivity contribution < 1.29 is 14.3 Å². The van der Waals surface area contributed by atoms with Gasteiger partial charge in [0.25, 0.3) is 0 Å². The molecule has 1 N–H and O–H groups in total. The fourth-order valence-corrected chi connectivity index (χ4v) is 4.34. The molecule has 4 aromatic rings. The van der Waals surface area contributed by atoms with Crippen molar-refractivity contribution >= 4 is 29.2 Å². The van der Waals surface area contributed by atoms with E-state index >= 15 is 0 Å². The first kappa shape index (κ1) is 29.1. The molecule has 0 fully saturated rings. The molecule has 0 spiro atoms. The lowest BCUT2D eigenvalue weighted by Crippen LogP contribution is -2.37. The van der Waals surface area contributed by atoms with Gasteiger partial charge in [-0.15, -0.1) is 0 Å². The van der Waals surface area contributed by atoms with E-state index < -0.39 is 5.97 Å². The molecular weight excluding hydrogens is 520 g/mol. The smallest absolute Gasteiger partial charge is 0.338 e. The van der Waals surface area contributed by atoms with Gasteiger partial charge in [-0.05, 0) is 64.1 Å². The molecule has 5 nitrogen and oxygen atoms in total. The van der Waals surface area contributed by atoms with Crippen LogP contribution in [0, 0.1) is 0 Å². The topological polar surface area (TPSA) is 58.6 Å². The van der Waals surface area contributed by atoms with E-state index in [0.717, 1.165) is 16.7 Å². The number of hydrogen-bond acceptors (Lipinski definition) is 4. The fourth-order valence-electron chi connectivity index (χ4n) is 4.21. The first-order valence-electron chi connectivity index (χ1n) is 13.3. The number of halogens is 1. The number of nitrogens with one attached hydrogen (secondary N) is 1. The molecule has 0 aliphatic heterocycles. The Bertz CT molecular complexity index is 1400. The Morgan fingerprint density at radius 1 is 0.775 bits per heavy atom. The summed E-state index contributed by atoms with van der Waals surface area (Å²) in [4.78, 5) is 27.8. The molecule has 0 bridgehead atoms. The van der Waals surface area contributed by atoms with E-state index in [4.69, 9.17) is 16.3 Å². The van der Waals surface area contributed by atoms with Crippen molar-refractivity contribution in [3.05, 3.63) is 136 Å². The number of ether oxygens (including phenoxy) is 1. The second-order valence-electron chi connectivity index (χ2n) is 10.8. The average Bonchev–Trinajstić information content (AvgIpc) is 2.96. The standard InChI is InChI=1S/C34H35ClN2O3/c1-34(2,3)29-15-9-26(10-16-29)23-37(32(38)22-36-21-25-11-17-30(35)18-12-25)31-19-13-28(14-20-31)33(39)40-24-27-7-5-4-6-8-27/h4-20,36H,21-24H2,1-3H3. The van der Waals surface area contributed by atoms with Crippen LogP contribution in [0.1, 0.15) is 53.4 Å². The van der Waals surface area contributed by atoms with Gasteiger partial charge in [0.05, 0.1) is 18.7 Å². The molecule has 0 atom stereocenters. The minimum absolute atomic E-state index is 0.0462. The number of rotatable bonds is 10. The number of carbonyl (C=O) groups is 2. The molecule has 0 aliphatic carbocycles. The van der Waals surface area contributed by atoms with Gasteiger partial charge < -0.3 is 15.0 Å². The van der Waals surface area contributed by atoms with Gasteiger partial charge in [-0.3, -0.25) is 4.79 Å². The summed E-state index contributed by atoms with van der Waals surface area (Å²) in [5, 5.41) is 3.92. The van der Waals surface area contributed by atoms with Crippen molar-refractivity contribution in [2.75, 3.05) is 11.4 Å². The fraction of sp³-hybridized carbons (Fsp3) is 0.235. The molecule has 0 saturated carbocycles. The molecule has 0 aromatic heterocycles. The summed E-state index contributed by atoms with van der Waals surface area (Å²) in [6, 6.07) is 32.4. The van der Waals surface area contributed by atoms with Gasteiger partial charge >= 0.3 is 5.97 Å². The lowest BCUT2D eigenvalue weighted by atomic mass is 9.87. The first-order chi connectivity index (χ1) is 19.2.